The zero-order valence-corrected chi connectivity index (χ0v) is 17.9. The summed E-state index contributed by atoms with van der Waals surface area (Å²) in [4.78, 5) is 30.6. The van der Waals surface area contributed by atoms with Gasteiger partial charge in [0.2, 0.25) is 5.91 Å². The van der Waals surface area contributed by atoms with Crippen molar-refractivity contribution in [2.24, 2.45) is 0 Å². The van der Waals surface area contributed by atoms with Gasteiger partial charge in [-0.2, -0.15) is 0 Å². The highest BCUT2D eigenvalue weighted by atomic mass is 16.2. The summed E-state index contributed by atoms with van der Waals surface area (Å²) in [6.07, 6.45) is 0. The number of amides is 2. The molecule has 4 nitrogen and oxygen atoms in total. The Morgan fingerprint density at radius 2 is 1.34 bits per heavy atom. The van der Waals surface area contributed by atoms with Crippen LogP contribution in [0.2, 0.25) is 0 Å². The van der Waals surface area contributed by atoms with E-state index in [0.717, 1.165) is 27.6 Å². The molecular weight excluding hydrogens is 396 g/mol. The fourth-order valence-corrected chi connectivity index (χ4v) is 4.52. The summed E-state index contributed by atoms with van der Waals surface area (Å²) in [6.45, 7) is 2.80. The van der Waals surface area contributed by atoms with E-state index in [-0.39, 0.29) is 11.8 Å². The van der Waals surface area contributed by atoms with Crippen molar-refractivity contribution in [3.63, 3.8) is 0 Å². The molecule has 1 atom stereocenters. The van der Waals surface area contributed by atoms with Gasteiger partial charge < -0.3 is 4.90 Å². The van der Waals surface area contributed by atoms with Crippen molar-refractivity contribution >= 4 is 28.3 Å². The number of carbonyl (C=O) groups is 2. The molecule has 2 amide bonds. The number of benzene rings is 4. The third-order valence-electron chi connectivity index (χ3n) is 6.08. The zero-order chi connectivity index (χ0) is 22.1. The molecule has 0 unspecified atom stereocenters. The smallest absolute Gasteiger partial charge is 0.259 e. The predicted octanol–water partition coefficient (Wildman–Crippen LogP) is 5.42. The van der Waals surface area contributed by atoms with Crippen LogP contribution in [0.25, 0.3) is 10.8 Å². The molecule has 0 fully saturated rings. The fourth-order valence-electron chi connectivity index (χ4n) is 4.52. The van der Waals surface area contributed by atoms with Crippen molar-refractivity contribution in [3.05, 3.63) is 114 Å². The van der Waals surface area contributed by atoms with Crippen molar-refractivity contribution in [2.75, 3.05) is 4.90 Å². The maximum Gasteiger partial charge on any atom is 0.259 e. The van der Waals surface area contributed by atoms with E-state index in [9.17, 15) is 9.59 Å². The fraction of sp³-hybridized carbons (Fsp3) is 0.143. The van der Waals surface area contributed by atoms with Crippen molar-refractivity contribution in [1.82, 2.24) is 4.90 Å². The minimum absolute atomic E-state index is 0.0733. The second-order valence-corrected chi connectivity index (χ2v) is 8.20. The molecule has 0 aromatic heterocycles. The van der Waals surface area contributed by atoms with E-state index in [1.807, 2.05) is 109 Å². The first-order valence-corrected chi connectivity index (χ1v) is 10.9. The summed E-state index contributed by atoms with van der Waals surface area (Å²) in [5.74, 6) is -0.187. The van der Waals surface area contributed by atoms with Crippen LogP contribution in [0.1, 0.15) is 28.4 Å². The quantitative estimate of drug-likeness (QED) is 0.418. The van der Waals surface area contributed by atoms with E-state index in [1.54, 1.807) is 4.90 Å². The van der Waals surface area contributed by atoms with Crippen LogP contribution in [-0.4, -0.2) is 22.8 Å². The maximum absolute atomic E-state index is 13.8. The first kappa shape index (κ1) is 20.0. The van der Waals surface area contributed by atoms with Crippen LogP contribution in [0, 0.1) is 0 Å². The third kappa shape index (κ3) is 3.54. The molecule has 0 bridgehead atoms. The van der Waals surface area contributed by atoms with Crippen molar-refractivity contribution in [2.45, 2.75) is 26.1 Å². The highest BCUT2D eigenvalue weighted by Gasteiger charge is 2.37. The Labute approximate surface area is 187 Å². The SMILES string of the molecule is C[C@H](C(=O)N(Cc1ccccc1)Cc1ccccc1)N1C(=O)c2cccc3cccc1c23. The summed E-state index contributed by atoms with van der Waals surface area (Å²) in [5.41, 5.74) is 3.59. The Hall–Kier alpha value is -3.92. The monoisotopic (exact) mass is 420 g/mol. The van der Waals surface area contributed by atoms with Crippen LogP contribution < -0.4 is 4.90 Å². The van der Waals surface area contributed by atoms with Gasteiger partial charge in [0.15, 0.2) is 0 Å². The molecule has 5 rings (SSSR count). The van der Waals surface area contributed by atoms with E-state index >= 15 is 0 Å². The summed E-state index contributed by atoms with van der Waals surface area (Å²) in [5, 5.41) is 1.94. The lowest BCUT2D eigenvalue weighted by molar-refractivity contribution is -0.133. The second-order valence-electron chi connectivity index (χ2n) is 8.20. The van der Waals surface area contributed by atoms with Gasteiger partial charge >= 0.3 is 0 Å². The lowest BCUT2D eigenvalue weighted by Gasteiger charge is -2.31. The summed E-state index contributed by atoms with van der Waals surface area (Å²) in [6, 6.07) is 30.9. The predicted molar refractivity (Wildman–Crippen MR) is 127 cm³/mol. The van der Waals surface area contributed by atoms with Crippen molar-refractivity contribution < 1.29 is 9.59 Å². The van der Waals surface area contributed by atoms with Gasteiger partial charge in [-0.3, -0.25) is 14.5 Å². The molecule has 158 valence electrons. The van der Waals surface area contributed by atoms with Crippen LogP contribution in [-0.2, 0) is 17.9 Å². The van der Waals surface area contributed by atoms with E-state index in [2.05, 4.69) is 0 Å². The molecule has 4 aromatic rings. The Balaban J connectivity index is 1.48. The summed E-state index contributed by atoms with van der Waals surface area (Å²) < 4.78 is 0. The topological polar surface area (TPSA) is 40.6 Å². The van der Waals surface area contributed by atoms with Gasteiger partial charge in [0.1, 0.15) is 6.04 Å². The van der Waals surface area contributed by atoms with Gasteiger partial charge in [-0.25, -0.2) is 0 Å². The molecule has 0 N–H and O–H groups in total. The lowest BCUT2D eigenvalue weighted by atomic mass is 10.1. The number of carbonyl (C=O) groups excluding carboxylic acids is 2. The van der Waals surface area contributed by atoms with Crippen molar-refractivity contribution in [3.8, 4) is 0 Å². The molecule has 0 saturated carbocycles. The summed E-state index contributed by atoms with van der Waals surface area (Å²) in [7, 11) is 0. The molecule has 4 heteroatoms. The first-order chi connectivity index (χ1) is 15.6. The average Bonchev–Trinajstić information content (AvgIpc) is 3.12. The van der Waals surface area contributed by atoms with Gasteiger partial charge in [-0.05, 0) is 35.6 Å². The lowest BCUT2D eigenvalue weighted by Crippen LogP contribution is -2.48. The van der Waals surface area contributed by atoms with E-state index in [1.165, 1.54) is 0 Å². The molecule has 0 spiro atoms. The Morgan fingerprint density at radius 3 is 1.94 bits per heavy atom. The normalized spacial score (nSPS) is 13.4. The van der Waals surface area contributed by atoms with E-state index in [0.29, 0.717) is 18.7 Å². The molecule has 4 aromatic carbocycles. The Bertz CT molecular complexity index is 1240. The van der Waals surface area contributed by atoms with E-state index < -0.39 is 6.04 Å². The minimum atomic E-state index is -0.618. The number of hydrogen-bond donors (Lipinski definition) is 0. The molecule has 1 aliphatic heterocycles. The Kier molecular flexibility index (Phi) is 5.20. The largest absolute Gasteiger partial charge is 0.332 e. The van der Waals surface area contributed by atoms with Crippen LogP contribution in [0.15, 0.2) is 97.1 Å². The maximum atomic E-state index is 13.8. The highest BCUT2D eigenvalue weighted by molar-refractivity contribution is 6.26. The first-order valence-electron chi connectivity index (χ1n) is 10.9. The number of anilines is 1. The van der Waals surface area contributed by atoms with Gasteiger partial charge in [0, 0.05) is 24.0 Å². The molecule has 32 heavy (non-hydrogen) atoms. The van der Waals surface area contributed by atoms with Gasteiger partial charge in [0.25, 0.3) is 5.91 Å². The Morgan fingerprint density at radius 1 is 0.781 bits per heavy atom. The van der Waals surface area contributed by atoms with Gasteiger partial charge in [0.05, 0.1) is 5.69 Å². The zero-order valence-electron chi connectivity index (χ0n) is 17.9. The highest BCUT2D eigenvalue weighted by Crippen LogP contribution is 2.38. The molecule has 0 saturated heterocycles. The molecule has 1 aliphatic rings. The molecule has 0 aliphatic carbocycles. The number of hydrogen-bond acceptors (Lipinski definition) is 2. The van der Waals surface area contributed by atoms with Gasteiger partial charge in [-0.1, -0.05) is 84.9 Å². The van der Waals surface area contributed by atoms with Crippen molar-refractivity contribution in [1.29, 1.82) is 0 Å². The molecule has 1 heterocycles. The number of rotatable bonds is 6. The van der Waals surface area contributed by atoms with Crippen LogP contribution in [0.4, 0.5) is 5.69 Å². The molecule has 0 radical (unpaired) electrons. The molecular formula is C28H24N2O2. The number of nitrogens with zero attached hydrogens (tertiary/aromatic N) is 2. The summed E-state index contributed by atoms with van der Waals surface area (Å²) >= 11 is 0. The van der Waals surface area contributed by atoms with E-state index in [4.69, 9.17) is 0 Å². The minimum Gasteiger partial charge on any atom is -0.332 e. The average molecular weight is 421 g/mol. The van der Waals surface area contributed by atoms with Crippen LogP contribution >= 0.6 is 0 Å². The van der Waals surface area contributed by atoms with Crippen LogP contribution in [0.5, 0.6) is 0 Å². The second kappa shape index (κ2) is 8.31. The third-order valence-corrected chi connectivity index (χ3v) is 6.08. The standard InChI is InChI=1S/C28H24N2O2/c1-20(30-25-17-9-15-23-14-8-16-24(26(23)25)28(30)32)27(31)29(18-21-10-4-2-5-11-21)19-22-12-6-3-7-13-22/h2-17,20H,18-19H2,1H3/t20-/m1/s1. The van der Waals surface area contributed by atoms with Gasteiger partial charge in [-0.15, -0.1) is 0 Å². The van der Waals surface area contributed by atoms with Crippen LogP contribution in [0.3, 0.4) is 0 Å².